The summed E-state index contributed by atoms with van der Waals surface area (Å²) >= 11 is 0. The second-order valence-electron chi connectivity index (χ2n) is 10.8. The van der Waals surface area contributed by atoms with E-state index in [0.29, 0.717) is 13.1 Å². The lowest BCUT2D eigenvalue weighted by molar-refractivity contribution is -0.140. The molecule has 5 fully saturated rings. The van der Waals surface area contributed by atoms with Crippen LogP contribution in [0.1, 0.15) is 51.0 Å². The summed E-state index contributed by atoms with van der Waals surface area (Å²) in [4.78, 5) is 14.4. The fourth-order valence-corrected chi connectivity index (χ4v) is 8.83. The van der Waals surface area contributed by atoms with E-state index in [-0.39, 0.29) is 24.5 Å². The summed E-state index contributed by atoms with van der Waals surface area (Å²) in [5.74, 6) is 2.13. The van der Waals surface area contributed by atoms with Crippen molar-refractivity contribution in [1.29, 1.82) is 0 Å². The van der Waals surface area contributed by atoms with Crippen molar-refractivity contribution in [2.24, 2.45) is 17.8 Å². The van der Waals surface area contributed by atoms with E-state index in [1.165, 1.54) is 31.4 Å². The SMILES string of the molecule is C[C@@H](C(=O)NC12CC3CC(CC(C3)C1)C2)N1CCN(S(=O)(=O)c2ccccc2C(F)(F)F)CC1. The average molecular weight is 500 g/mol. The van der Waals surface area contributed by atoms with Crippen LogP contribution in [0.4, 0.5) is 13.2 Å². The molecule has 4 saturated carbocycles. The second kappa shape index (κ2) is 8.48. The highest BCUT2D eigenvalue weighted by Crippen LogP contribution is 2.55. The van der Waals surface area contributed by atoms with Gasteiger partial charge in [0.2, 0.25) is 15.9 Å². The fraction of sp³-hybridized carbons (Fsp3) is 0.708. The van der Waals surface area contributed by atoms with E-state index in [1.807, 2.05) is 11.8 Å². The van der Waals surface area contributed by atoms with Crippen molar-refractivity contribution in [3.63, 3.8) is 0 Å². The second-order valence-corrected chi connectivity index (χ2v) is 12.7. The van der Waals surface area contributed by atoms with Crippen molar-refractivity contribution < 1.29 is 26.4 Å². The normalized spacial score (nSPS) is 33.1. The molecule has 0 unspecified atom stereocenters. The molecule has 0 aromatic heterocycles. The van der Waals surface area contributed by atoms with E-state index in [2.05, 4.69) is 5.32 Å². The quantitative estimate of drug-likeness (QED) is 0.674. The van der Waals surface area contributed by atoms with Crippen molar-refractivity contribution in [3.05, 3.63) is 29.8 Å². The first kappa shape index (κ1) is 24.1. The third-order valence-electron chi connectivity index (χ3n) is 8.44. The zero-order chi connectivity index (χ0) is 24.3. The largest absolute Gasteiger partial charge is 0.417 e. The molecule has 188 valence electrons. The van der Waals surface area contributed by atoms with Gasteiger partial charge in [0.1, 0.15) is 0 Å². The Balaban J connectivity index is 1.22. The highest BCUT2D eigenvalue weighted by molar-refractivity contribution is 7.89. The Kier molecular flexibility index (Phi) is 6.00. The Morgan fingerprint density at radius 1 is 1.00 bits per heavy atom. The van der Waals surface area contributed by atoms with E-state index in [1.54, 1.807) is 0 Å². The van der Waals surface area contributed by atoms with Crippen LogP contribution in [0.15, 0.2) is 29.2 Å². The topological polar surface area (TPSA) is 69.7 Å². The molecule has 1 aliphatic heterocycles. The van der Waals surface area contributed by atoms with Crippen LogP contribution in [-0.4, -0.2) is 61.3 Å². The first-order valence-electron chi connectivity index (χ1n) is 12.2. The van der Waals surface area contributed by atoms with Crippen LogP contribution in [0.5, 0.6) is 0 Å². The van der Waals surface area contributed by atoms with Crippen molar-refractivity contribution in [3.8, 4) is 0 Å². The number of rotatable bonds is 5. The van der Waals surface area contributed by atoms with E-state index in [0.717, 1.165) is 53.5 Å². The molecule has 1 saturated heterocycles. The third kappa shape index (κ3) is 4.37. The van der Waals surface area contributed by atoms with Crippen molar-refractivity contribution >= 4 is 15.9 Å². The number of piperazine rings is 1. The van der Waals surface area contributed by atoms with Gasteiger partial charge in [0.15, 0.2) is 0 Å². The van der Waals surface area contributed by atoms with Crippen molar-refractivity contribution in [2.45, 2.75) is 68.1 Å². The number of hydrogen-bond donors (Lipinski definition) is 1. The molecule has 10 heteroatoms. The summed E-state index contributed by atoms with van der Waals surface area (Å²) in [6.45, 7) is 2.51. The zero-order valence-corrected chi connectivity index (χ0v) is 20.2. The van der Waals surface area contributed by atoms with Gasteiger partial charge in [0.05, 0.1) is 16.5 Å². The lowest BCUT2D eigenvalue weighted by Crippen LogP contribution is -2.63. The number of alkyl halides is 3. The summed E-state index contributed by atoms with van der Waals surface area (Å²) in [5, 5.41) is 3.38. The van der Waals surface area contributed by atoms with Gasteiger partial charge in [-0.3, -0.25) is 9.69 Å². The number of hydrogen-bond acceptors (Lipinski definition) is 4. The molecule has 1 amide bonds. The molecule has 4 aliphatic carbocycles. The van der Waals surface area contributed by atoms with Crippen LogP contribution in [-0.2, 0) is 21.0 Å². The monoisotopic (exact) mass is 499 g/mol. The maximum Gasteiger partial charge on any atom is 0.417 e. The van der Waals surface area contributed by atoms with Crippen LogP contribution in [0.25, 0.3) is 0 Å². The average Bonchev–Trinajstić information content (AvgIpc) is 2.77. The summed E-state index contributed by atoms with van der Waals surface area (Å²) in [5.41, 5.74) is -1.24. The van der Waals surface area contributed by atoms with E-state index >= 15 is 0 Å². The Bertz CT molecular complexity index is 1020. The predicted octanol–water partition coefficient (Wildman–Crippen LogP) is 3.49. The first-order chi connectivity index (χ1) is 16.0. The molecule has 1 atom stereocenters. The molecule has 0 radical (unpaired) electrons. The van der Waals surface area contributed by atoms with E-state index in [4.69, 9.17) is 0 Å². The van der Waals surface area contributed by atoms with Crippen LogP contribution in [0, 0.1) is 17.8 Å². The Morgan fingerprint density at radius 3 is 2.06 bits per heavy atom. The van der Waals surface area contributed by atoms with Gasteiger partial charge in [0, 0.05) is 31.7 Å². The number of benzene rings is 1. The number of carbonyl (C=O) groups excluding carboxylic acids is 1. The van der Waals surface area contributed by atoms with Gasteiger partial charge < -0.3 is 5.32 Å². The van der Waals surface area contributed by atoms with Crippen molar-refractivity contribution in [1.82, 2.24) is 14.5 Å². The molecule has 0 spiro atoms. The highest BCUT2D eigenvalue weighted by Gasteiger charge is 2.52. The Hall–Kier alpha value is -1.65. The Morgan fingerprint density at radius 2 is 1.53 bits per heavy atom. The smallest absolute Gasteiger partial charge is 0.349 e. The predicted molar refractivity (Wildman–Crippen MR) is 120 cm³/mol. The lowest BCUT2D eigenvalue weighted by atomic mass is 9.53. The van der Waals surface area contributed by atoms with Gasteiger partial charge in [-0.1, -0.05) is 12.1 Å². The van der Waals surface area contributed by atoms with Gasteiger partial charge >= 0.3 is 6.18 Å². The zero-order valence-electron chi connectivity index (χ0n) is 19.4. The molecular weight excluding hydrogens is 467 g/mol. The molecule has 1 aromatic carbocycles. The maximum absolute atomic E-state index is 13.4. The standard InChI is InChI=1S/C24H32F3N3O3S/c1-16(22(31)28-23-13-17-10-18(14-23)12-19(11-17)15-23)29-6-8-30(9-7-29)34(32,33)21-5-3-2-4-20(21)24(25,26)27/h2-5,16-19H,6-15H2,1H3,(H,28,31)/t16-,17?,18?,19?,23?/m0/s1. The third-order valence-corrected chi connectivity index (χ3v) is 10.4. The lowest BCUT2D eigenvalue weighted by Gasteiger charge is -2.57. The highest BCUT2D eigenvalue weighted by atomic mass is 32.2. The van der Waals surface area contributed by atoms with Crippen LogP contribution < -0.4 is 5.32 Å². The first-order valence-corrected chi connectivity index (χ1v) is 13.6. The minimum Gasteiger partial charge on any atom is -0.349 e. The Labute approximate surface area is 198 Å². The minimum absolute atomic E-state index is 0.0272. The van der Waals surface area contributed by atoms with Crippen LogP contribution >= 0.6 is 0 Å². The number of sulfonamides is 1. The molecule has 6 nitrogen and oxygen atoms in total. The van der Waals surface area contributed by atoms with E-state index in [9.17, 15) is 26.4 Å². The fourth-order valence-electron chi connectivity index (χ4n) is 7.19. The van der Waals surface area contributed by atoms with Gasteiger partial charge in [-0.2, -0.15) is 17.5 Å². The number of carbonyl (C=O) groups is 1. The molecule has 5 aliphatic rings. The molecule has 34 heavy (non-hydrogen) atoms. The summed E-state index contributed by atoms with van der Waals surface area (Å²) < 4.78 is 67.2. The summed E-state index contributed by atoms with van der Waals surface area (Å²) in [6, 6.07) is 3.87. The van der Waals surface area contributed by atoms with Gasteiger partial charge in [-0.25, -0.2) is 8.42 Å². The molecule has 1 N–H and O–H groups in total. The maximum atomic E-state index is 13.4. The molecule has 4 bridgehead atoms. The number of nitrogens with zero attached hydrogens (tertiary/aromatic N) is 2. The van der Waals surface area contributed by atoms with Gasteiger partial charge in [0.25, 0.3) is 0 Å². The number of nitrogens with one attached hydrogen (secondary N) is 1. The van der Waals surface area contributed by atoms with Crippen LogP contribution in [0.3, 0.4) is 0 Å². The molecule has 6 rings (SSSR count). The minimum atomic E-state index is -4.75. The molecule has 1 aromatic rings. The van der Waals surface area contributed by atoms with Crippen LogP contribution in [0.2, 0.25) is 0 Å². The number of amides is 1. The molecular formula is C24H32F3N3O3S. The van der Waals surface area contributed by atoms with Crippen molar-refractivity contribution in [2.75, 3.05) is 26.2 Å². The molecule has 1 heterocycles. The summed E-state index contributed by atoms with van der Waals surface area (Å²) in [7, 11) is -4.30. The van der Waals surface area contributed by atoms with Gasteiger partial charge in [-0.05, 0) is 75.3 Å². The van der Waals surface area contributed by atoms with E-state index < -0.39 is 32.7 Å². The number of halogens is 3. The van der Waals surface area contributed by atoms with Gasteiger partial charge in [-0.15, -0.1) is 0 Å². The summed E-state index contributed by atoms with van der Waals surface area (Å²) in [6.07, 6.45) is 2.29.